The average Bonchev–Trinajstić information content (AvgIpc) is 2.95. The van der Waals surface area contributed by atoms with E-state index in [9.17, 15) is 18.3 Å². The first-order valence-electron chi connectivity index (χ1n) is 8.14. The van der Waals surface area contributed by atoms with Gasteiger partial charge in [-0.05, 0) is 36.6 Å². The summed E-state index contributed by atoms with van der Waals surface area (Å²) >= 11 is 0. The highest BCUT2D eigenvalue weighted by atomic mass is 32.2. The zero-order chi connectivity index (χ0) is 17.3. The van der Waals surface area contributed by atoms with Crippen LogP contribution in [0.5, 0.6) is 0 Å². The first-order valence-corrected chi connectivity index (χ1v) is 9.98. The van der Waals surface area contributed by atoms with Crippen molar-refractivity contribution in [2.75, 3.05) is 36.7 Å². The first kappa shape index (κ1) is 17.2. The molecule has 1 fully saturated rings. The number of rotatable bonds is 4. The Labute approximate surface area is 142 Å². The van der Waals surface area contributed by atoms with Gasteiger partial charge in [0.2, 0.25) is 10.0 Å². The molecule has 2 heterocycles. The SMILES string of the molecule is CS(=O)(=O)N1CCCc2cc(C(=O)NCC3CNCC3O)ccc21. The number of amides is 1. The lowest BCUT2D eigenvalue weighted by Gasteiger charge is -2.29. The van der Waals surface area contributed by atoms with E-state index in [1.54, 1.807) is 18.2 Å². The van der Waals surface area contributed by atoms with Crippen molar-refractivity contribution in [1.82, 2.24) is 10.6 Å². The number of carbonyl (C=O) groups is 1. The molecule has 2 aliphatic heterocycles. The van der Waals surface area contributed by atoms with E-state index >= 15 is 0 Å². The van der Waals surface area contributed by atoms with Gasteiger partial charge in [0.25, 0.3) is 5.91 Å². The van der Waals surface area contributed by atoms with Gasteiger partial charge in [0.1, 0.15) is 0 Å². The summed E-state index contributed by atoms with van der Waals surface area (Å²) < 4.78 is 25.1. The fraction of sp³-hybridized carbons (Fsp3) is 0.562. The highest BCUT2D eigenvalue weighted by Crippen LogP contribution is 2.29. The summed E-state index contributed by atoms with van der Waals surface area (Å²) in [6, 6.07) is 5.13. The number of nitrogens with one attached hydrogen (secondary N) is 2. The quantitative estimate of drug-likeness (QED) is 0.691. The standard InChI is InChI=1S/C16H23N3O4S/c1-24(22,23)19-6-2-3-11-7-12(4-5-14(11)19)16(21)18-9-13-8-17-10-15(13)20/h4-5,7,13,15,17,20H,2-3,6,8-10H2,1H3,(H,18,21). The van der Waals surface area contributed by atoms with Crippen LogP contribution >= 0.6 is 0 Å². The number of carbonyl (C=O) groups excluding carboxylic acids is 1. The third-order valence-electron chi connectivity index (χ3n) is 4.65. The van der Waals surface area contributed by atoms with Crippen LogP contribution in [0.1, 0.15) is 22.3 Å². The molecule has 0 aliphatic carbocycles. The van der Waals surface area contributed by atoms with E-state index < -0.39 is 16.1 Å². The molecule has 1 aromatic carbocycles. The van der Waals surface area contributed by atoms with E-state index in [0.29, 0.717) is 37.4 Å². The van der Waals surface area contributed by atoms with Gasteiger partial charge in [-0.3, -0.25) is 9.10 Å². The molecule has 3 N–H and O–H groups in total. The van der Waals surface area contributed by atoms with Gasteiger partial charge in [-0.2, -0.15) is 0 Å². The Kier molecular flexibility index (Phi) is 4.80. The average molecular weight is 353 g/mol. The van der Waals surface area contributed by atoms with Crippen molar-refractivity contribution in [3.8, 4) is 0 Å². The Bertz CT molecular complexity index is 735. The predicted molar refractivity (Wildman–Crippen MR) is 91.7 cm³/mol. The zero-order valence-corrected chi connectivity index (χ0v) is 14.5. The largest absolute Gasteiger partial charge is 0.391 e. The van der Waals surface area contributed by atoms with Crippen molar-refractivity contribution in [2.45, 2.75) is 18.9 Å². The Morgan fingerprint density at radius 2 is 2.21 bits per heavy atom. The van der Waals surface area contributed by atoms with Crippen molar-refractivity contribution in [3.63, 3.8) is 0 Å². The number of β-amino-alcohol motifs (C(OH)–C–C–N with tert-alkyl or cyclic N) is 1. The van der Waals surface area contributed by atoms with Gasteiger partial charge in [0.05, 0.1) is 18.0 Å². The van der Waals surface area contributed by atoms with E-state index in [-0.39, 0.29) is 11.8 Å². The fourth-order valence-corrected chi connectivity index (χ4v) is 4.30. The molecular formula is C16H23N3O4S. The Balaban J connectivity index is 1.72. The molecule has 0 radical (unpaired) electrons. The number of fused-ring (bicyclic) bond motifs is 1. The smallest absolute Gasteiger partial charge is 0.251 e. The molecule has 0 spiro atoms. The second-order valence-corrected chi connectivity index (χ2v) is 8.38. The van der Waals surface area contributed by atoms with Crippen LogP contribution in [0.3, 0.4) is 0 Å². The first-order chi connectivity index (χ1) is 11.4. The molecule has 1 amide bonds. The molecule has 24 heavy (non-hydrogen) atoms. The second kappa shape index (κ2) is 6.70. The lowest BCUT2D eigenvalue weighted by molar-refractivity contribution is 0.0927. The number of aliphatic hydroxyl groups excluding tert-OH is 1. The van der Waals surface area contributed by atoms with E-state index in [1.807, 2.05) is 0 Å². The lowest BCUT2D eigenvalue weighted by atomic mass is 10.00. The third kappa shape index (κ3) is 3.55. The summed E-state index contributed by atoms with van der Waals surface area (Å²) in [5.74, 6) is -0.180. The second-order valence-electron chi connectivity index (χ2n) is 6.48. The topological polar surface area (TPSA) is 98.7 Å². The van der Waals surface area contributed by atoms with Crippen LogP contribution in [0.2, 0.25) is 0 Å². The summed E-state index contributed by atoms with van der Waals surface area (Å²) in [5, 5.41) is 15.7. The molecule has 1 saturated heterocycles. The van der Waals surface area contributed by atoms with Crippen LogP contribution in [0.15, 0.2) is 18.2 Å². The predicted octanol–water partition coefficient (Wildman–Crippen LogP) is -0.291. The highest BCUT2D eigenvalue weighted by Gasteiger charge is 2.26. The molecule has 2 aliphatic rings. The number of benzene rings is 1. The minimum Gasteiger partial charge on any atom is -0.391 e. The Morgan fingerprint density at radius 3 is 2.88 bits per heavy atom. The minimum absolute atomic E-state index is 0.0207. The van der Waals surface area contributed by atoms with Gasteiger partial charge in [0.15, 0.2) is 0 Å². The summed E-state index contributed by atoms with van der Waals surface area (Å²) in [6.45, 7) is 2.14. The van der Waals surface area contributed by atoms with Gasteiger partial charge >= 0.3 is 0 Å². The van der Waals surface area contributed by atoms with Gasteiger partial charge in [-0.15, -0.1) is 0 Å². The number of aryl methyl sites for hydroxylation is 1. The summed E-state index contributed by atoms with van der Waals surface area (Å²) in [5.41, 5.74) is 2.06. The Hall–Kier alpha value is -1.64. The van der Waals surface area contributed by atoms with Crippen LogP contribution in [0.25, 0.3) is 0 Å². The molecule has 0 saturated carbocycles. The molecule has 1 aromatic rings. The van der Waals surface area contributed by atoms with Crippen LogP contribution in [0.4, 0.5) is 5.69 Å². The monoisotopic (exact) mass is 353 g/mol. The molecule has 2 unspecified atom stereocenters. The van der Waals surface area contributed by atoms with Gasteiger partial charge < -0.3 is 15.7 Å². The summed E-state index contributed by atoms with van der Waals surface area (Å²) in [4.78, 5) is 12.3. The Morgan fingerprint density at radius 1 is 1.42 bits per heavy atom. The third-order valence-corrected chi connectivity index (χ3v) is 5.83. The molecule has 132 valence electrons. The van der Waals surface area contributed by atoms with Crippen LogP contribution in [0, 0.1) is 5.92 Å². The zero-order valence-electron chi connectivity index (χ0n) is 13.7. The molecule has 0 aromatic heterocycles. The molecule has 0 bridgehead atoms. The van der Waals surface area contributed by atoms with Crippen LogP contribution < -0.4 is 14.9 Å². The molecule has 8 heteroatoms. The summed E-state index contributed by atoms with van der Waals surface area (Å²) in [6.07, 6.45) is 2.26. The fourth-order valence-electron chi connectivity index (χ4n) is 3.30. The maximum atomic E-state index is 12.3. The van der Waals surface area contributed by atoms with Gasteiger partial charge in [-0.25, -0.2) is 8.42 Å². The molecule has 3 rings (SSSR count). The maximum absolute atomic E-state index is 12.3. The number of aliphatic hydroxyl groups is 1. The highest BCUT2D eigenvalue weighted by molar-refractivity contribution is 7.92. The molecular weight excluding hydrogens is 330 g/mol. The van der Waals surface area contributed by atoms with Crippen molar-refractivity contribution in [2.24, 2.45) is 5.92 Å². The molecule has 7 nitrogen and oxygen atoms in total. The van der Waals surface area contributed by atoms with E-state index in [1.165, 1.54) is 10.6 Å². The van der Waals surface area contributed by atoms with E-state index in [2.05, 4.69) is 10.6 Å². The number of hydrogen-bond acceptors (Lipinski definition) is 5. The van der Waals surface area contributed by atoms with Crippen molar-refractivity contribution in [3.05, 3.63) is 29.3 Å². The van der Waals surface area contributed by atoms with Crippen molar-refractivity contribution in [1.29, 1.82) is 0 Å². The van der Waals surface area contributed by atoms with Gasteiger partial charge in [-0.1, -0.05) is 0 Å². The number of sulfonamides is 1. The van der Waals surface area contributed by atoms with E-state index in [4.69, 9.17) is 0 Å². The minimum atomic E-state index is -3.30. The number of nitrogens with zero attached hydrogens (tertiary/aromatic N) is 1. The summed E-state index contributed by atoms with van der Waals surface area (Å²) in [7, 11) is -3.30. The maximum Gasteiger partial charge on any atom is 0.251 e. The van der Waals surface area contributed by atoms with Crippen molar-refractivity contribution < 1.29 is 18.3 Å². The van der Waals surface area contributed by atoms with Crippen LogP contribution in [-0.4, -0.2) is 58.0 Å². The van der Waals surface area contributed by atoms with E-state index in [0.717, 1.165) is 18.4 Å². The lowest BCUT2D eigenvalue weighted by Crippen LogP contribution is -2.36. The molecule has 2 atom stereocenters. The number of anilines is 1. The van der Waals surface area contributed by atoms with Crippen molar-refractivity contribution >= 4 is 21.6 Å². The number of hydrogen-bond donors (Lipinski definition) is 3. The van der Waals surface area contributed by atoms with Crippen LogP contribution in [-0.2, 0) is 16.4 Å². The van der Waals surface area contributed by atoms with Gasteiger partial charge in [0, 0.05) is 37.7 Å². The normalized spacial score (nSPS) is 23.8.